The van der Waals surface area contributed by atoms with E-state index in [9.17, 15) is 4.79 Å². The number of hydrogen-bond acceptors (Lipinski definition) is 5. The summed E-state index contributed by atoms with van der Waals surface area (Å²) in [6.07, 6.45) is 3.58. The van der Waals surface area contributed by atoms with E-state index in [1.165, 1.54) is 0 Å². The SMILES string of the molecule is Cc1ccc(Oc2ccc(NC(=O)NCc3nnc4n3CCC4)cn2)cc1. The van der Waals surface area contributed by atoms with E-state index in [-0.39, 0.29) is 6.03 Å². The monoisotopic (exact) mass is 364 g/mol. The first-order valence-corrected chi connectivity index (χ1v) is 8.84. The Balaban J connectivity index is 1.29. The highest BCUT2D eigenvalue weighted by Gasteiger charge is 2.17. The van der Waals surface area contributed by atoms with Crippen LogP contribution in [0.3, 0.4) is 0 Å². The molecule has 2 aromatic heterocycles. The maximum atomic E-state index is 12.1. The molecule has 1 aliphatic heterocycles. The standard InChI is InChI=1S/C19H20N6O2/c1-13-4-7-15(8-5-13)27-18-9-6-14(11-20-18)22-19(26)21-12-17-24-23-16-3-2-10-25(16)17/h4-9,11H,2-3,10,12H2,1H3,(H2,21,22,26). The highest BCUT2D eigenvalue weighted by atomic mass is 16.5. The summed E-state index contributed by atoms with van der Waals surface area (Å²) < 4.78 is 7.73. The first-order chi connectivity index (χ1) is 13.2. The van der Waals surface area contributed by atoms with E-state index in [4.69, 9.17) is 4.74 Å². The molecule has 0 atom stereocenters. The second kappa shape index (κ2) is 7.45. The average Bonchev–Trinajstić information content (AvgIpc) is 3.28. The molecule has 0 spiro atoms. The van der Waals surface area contributed by atoms with Crippen molar-refractivity contribution in [3.05, 3.63) is 59.8 Å². The number of ether oxygens (including phenoxy) is 1. The molecule has 138 valence electrons. The number of nitrogens with zero attached hydrogens (tertiary/aromatic N) is 4. The van der Waals surface area contributed by atoms with Crippen molar-refractivity contribution in [3.63, 3.8) is 0 Å². The van der Waals surface area contributed by atoms with Crippen LogP contribution < -0.4 is 15.4 Å². The maximum absolute atomic E-state index is 12.1. The Bertz CT molecular complexity index is 934. The number of amides is 2. The smallest absolute Gasteiger partial charge is 0.319 e. The number of nitrogens with one attached hydrogen (secondary N) is 2. The summed E-state index contributed by atoms with van der Waals surface area (Å²) in [5.41, 5.74) is 1.74. The molecule has 0 radical (unpaired) electrons. The Hall–Kier alpha value is -3.42. The molecule has 0 saturated heterocycles. The van der Waals surface area contributed by atoms with Crippen molar-refractivity contribution in [2.75, 3.05) is 5.32 Å². The van der Waals surface area contributed by atoms with Gasteiger partial charge in [0, 0.05) is 19.0 Å². The summed E-state index contributed by atoms with van der Waals surface area (Å²) in [7, 11) is 0. The number of carbonyl (C=O) groups excluding carboxylic acids is 1. The van der Waals surface area contributed by atoms with Crippen LogP contribution in [0, 0.1) is 6.92 Å². The van der Waals surface area contributed by atoms with E-state index in [1.807, 2.05) is 31.2 Å². The lowest BCUT2D eigenvalue weighted by Crippen LogP contribution is -2.29. The second-order valence-corrected chi connectivity index (χ2v) is 6.40. The highest BCUT2D eigenvalue weighted by Crippen LogP contribution is 2.20. The second-order valence-electron chi connectivity index (χ2n) is 6.40. The van der Waals surface area contributed by atoms with Crippen molar-refractivity contribution >= 4 is 11.7 Å². The van der Waals surface area contributed by atoms with Crippen molar-refractivity contribution in [1.29, 1.82) is 0 Å². The third kappa shape index (κ3) is 4.05. The molecule has 0 bridgehead atoms. The number of urea groups is 1. The van der Waals surface area contributed by atoms with Crippen LogP contribution in [0.1, 0.15) is 23.6 Å². The number of benzene rings is 1. The summed E-state index contributed by atoms with van der Waals surface area (Å²) in [6, 6.07) is 10.8. The fourth-order valence-electron chi connectivity index (χ4n) is 2.92. The Morgan fingerprint density at radius 2 is 2.04 bits per heavy atom. The van der Waals surface area contributed by atoms with E-state index in [2.05, 4.69) is 30.4 Å². The van der Waals surface area contributed by atoms with Crippen LogP contribution in [0.2, 0.25) is 0 Å². The average molecular weight is 364 g/mol. The molecule has 4 rings (SSSR count). The quantitative estimate of drug-likeness (QED) is 0.726. The number of rotatable bonds is 5. The third-order valence-corrected chi connectivity index (χ3v) is 4.33. The molecular formula is C19H20N6O2. The summed E-state index contributed by atoms with van der Waals surface area (Å²) in [6.45, 7) is 3.26. The minimum atomic E-state index is -0.320. The van der Waals surface area contributed by atoms with Gasteiger partial charge in [0.1, 0.15) is 11.6 Å². The van der Waals surface area contributed by atoms with Gasteiger partial charge in [0.2, 0.25) is 5.88 Å². The van der Waals surface area contributed by atoms with Gasteiger partial charge in [-0.3, -0.25) is 0 Å². The Morgan fingerprint density at radius 3 is 2.81 bits per heavy atom. The van der Waals surface area contributed by atoms with E-state index in [0.29, 0.717) is 23.9 Å². The topological polar surface area (TPSA) is 94.0 Å². The van der Waals surface area contributed by atoms with Crippen molar-refractivity contribution in [3.8, 4) is 11.6 Å². The number of anilines is 1. The molecule has 1 aromatic carbocycles. The molecule has 8 heteroatoms. The van der Waals surface area contributed by atoms with Gasteiger partial charge in [-0.05, 0) is 31.5 Å². The minimum absolute atomic E-state index is 0.320. The van der Waals surface area contributed by atoms with Gasteiger partial charge in [-0.25, -0.2) is 9.78 Å². The maximum Gasteiger partial charge on any atom is 0.319 e. The molecule has 0 aliphatic carbocycles. The molecule has 0 unspecified atom stereocenters. The number of aryl methyl sites for hydroxylation is 2. The molecule has 3 aromatic rings. The lowest BCUT2D eigenvalue weighted by molar-refractivity contribution is 0.251. The molecule has 27 heavy (non-hydrogen) atoms. The Kier molecular flexibility index (Phi) is 4.69. The van der Waals surface area contributed by atoms with Crippen LogP contribution in [-0.2, 0) is 19.5 Å². The molecule has 0 fully saturated rings. The molecule has 1 aliphatic rings. The molecule has 8 nitrogen and oxygen atoms in total. The minimum Gasteiger partial charge on any atom is -0.439 e. The molecular weight excluding hydrogens is 344 g/mol. The van der Waals surface area contributed by atoms with E-state index in [1.54, 1.807) is 18.3 Å². The van der Waals surface area contributed by atoms with Crippen molar-refractivity contribution in [2.45, 2.75) is 32.9 Å². The van der Waals surface area contributed by atoms with Gasteiger partial charge < -0.3 is 19.9 Å². The number of hydrogen-bond donors (Lipinski definition) is 2. The van der Waals surface area contributed by atoms with Gasteiger partial charge in [0.15, 0.2) is 5.82 Å². The largest absolute Gasteiger partial charge is 0.439 e. The van der Waals surface area contributed by atoms with E-state index >= 15 is 0 Å². The number of aromatic nitrogens is 4. The first-order valence-electron chi connectivity index (χ1n) is 8.84. The molecule has 0 saturated carbocycles. The highest BCUT2D eigenvalue weighted by molar-refractivity contribution is 5.88. The zero-order valence-corrected chi connectivity index (χ0v) is 15.0. The lowest BCUT2D eigenvalue weighted by atomic mass is 10.2. The predicted molar refractivity (Wildman–Crippen MR) is 99.7 cm³/mol. The van der Waals surface area contributed by atoms with E-state index < -0.39 is 0 Å². The van der Waals surface area contributed by atoms with Crippen LogP contribution in [0.4, 0.5) is 10.5 Å². The molecule has 2 amide bonds. The van der Waals surface area contributed by atoms with Crippen molar-refractivity contribution < 1.29 is 9.53 Å². The predicted octanol–water partition coefficient (Wildman–Crippen LogP) is 3.04. The van der Waals surface area contributed by atoms with Crippen LogP contribution in [0.5, 0.6) is 11.6 Å². The van der Waals surface area contributed by atoms with Gasteiger partial charge >= 0.3 is 6.03 Å². The van der Waals surface area contributed by atoms with Gasteiger partial charge in [0.25, 0.3) is 0 Å². The number of fused-ring (bicyclic) bond motifs is 1. The van der Waals surface area contributed by atoms with Crippen LogP contribution >= 0.6 is 0 Å². The summed E-state index contributed by atoms with van der Waals surface area (Å²) in [5.74, 6) is 2.94. The zero-order valence-electron chi connectivity index (χ0n) is 15.0. The third-order valence-electron chi connectivity index (χ3n) is 4.33. The van der Waals surface area contributed by atoms with Gasteiger partial charge in [-0.15, -0.1) is 10.2 Å². The summed E-state index contributed by atoms with van der Waals surface area (Å²) >= 11 is 0. The van der Waals surface area contributed by atoms with Gasteiger partial charge in [-0.2, -0.15) is 0 Å². The number of carbonyl (C=O) groups is 1. The summed E-state index contributed by atoms with van der Waals surface area (Å²) in [4.78, 5) is 16.3. The van der Waals surface area contributed by atoms with E-state index in [0.717, 1.165) is 36.6 Å². The fourth-order valence-corrected chi connectivity index (χ4v) is 2.92. The Morgan fingerprint density at radius 1 is 1.19 bits per heavy atom. The lowest BCUT2D eigenvalue weighted by Gasteiger charge is -2.09. The van der Waals surface area contributed by atoms with Crippen molar-refractivity contribution in [2.24, 2.45) is 0 Å². The van der Waals surface area contributed by atoms with Crippen LogP contribution in [-0.4, -0.2) is 25.8 Å². The normalized spacial score (nSPS) is 12.5. The first kappa shape index (κ1) is 17.0. The number of pyridine rings is 1. The van der Waals surface area contributed by atoms with Crippen LogP contribution in [0.15, 0.2) is 42.6 Å². The van der Waals surface area contributed by atoms with Gasteiger partial charge in [0.05, 0.1) is 18.4 Å². The summed E-state index contributed by atoms with van der Waals surface area (Å²) in [5, 5.41) is 13.8. The van der Waals surface area contributed by atoms with Crippen LogP contribution in [0.25, 0.3) is 0 Å². The fraction of sp³-hybridized carbons (Fsp3) is 0.263. The molecule has 2 N–H and O–H groups in total. The van der Waals surface area contributed by atoms with Gasteiger partial charge in [-0.1, -0.05) is 17.7 Å². The molecule has 3 heterocycles. The zero-order chi connectivity index (χ0) is 18.6. The Labute approximate surface area is 156 Å². The van der Waals surface area contributed by atoms with Crippen molar-refractivity contribution in [1.82, 2.24) is 25.1 Å².